The van der Waals surface area contributed by atoms with E-state index in [1.807, 2.05) is 0 Å². The molecule has 2 nitrogen and oxygen atoms in total. The van der Waals surface area contributed by atoms with E-state index in [2.05, 4.69) is 18.7 Å². The lowest BCUT2D eigenvalue weighted by Crippen LogP contribution is -2.27. The molecule has 0 fully saturated rings. The van der Waals surface area contributed by atoms with Crippen molar-refractivity contribution in [2.45, 2.75) is 52.4 Å². The molecule has 0 amide bonds. The summed E-state index contributed by atoms with van der Waals surface area (Å²) in [5.74, 6) is 0. The molecule has 0 aromatic carbocycles. The van der Waals surface area contributed by atoms with Gasteiger partial charge in [-0.2, -0.15) is 0 Å². The van der Waals surface area contributed by atoms with Crippen molar-refractivity contribution >= 4 is 16.8 Å². The Bertz CT molecular complexity index is 154. The second-order valence-corrected chi connectivity index (χ2v) is 4.43. The van der Waals surface area contributed by atoms with Gasteiger partial charge in [-0.15, -0.1) is 0 Å². The third kappa shape index (κ3) is 10.2. The summed E-state index contributed by atoms with van der Waals surface area (Å²) < 4.78 is 0. The topological polar surface area (TPSA) is 20.3 Å². The van der Waals surface area contributed by atoms with E-state index in [0.29, 0.717) is 6.42 Å². The molecule has 0 aliphatic heterocycles. The Morgan fingerprint density at radius 2 is 1.47 bits per heavy atom. The second-order valence-electron chi connectivity index (χ2n) is 4.01. The van der Waals surface area contributed by atoms with E-state index >= 15 is 0 Å². The molecule has 0 aromatic heterocycles. The van der Waals surface area contributed by atoms with Crippen LogP contribution in [0.5, 0.6) is 0 Å². The predicted octanol–water partition coefficient (Wildman–Crippen LogP) is 3.43. The van der Waals surface area contributed by atoms with Crippen LogP contribution in [0.25, 0.3) is 0 Å². The molecule has 3 heteroatoms. The average molecular weight is 234 g/mol. The summed E-state index contributed by atoms with van der Waals surface area (Å²) >= 11 is 5.31. The summed E-state index contributed by atoms with van der Waals surface area (Å²) in [7, 11) is 0. The van der Waals surface area contributed by atoms with Gasteiger partial charge in [0, 0.05) is 6.42 Å². The summed E-state index contributed by atoms with van der Waals surface area (Å²) in [6, 6.07) is 0. The van der Waals surface area contributed by atoms with E-state index in [-0.39, 0.29) is 5.24 Å². The summed E-state index contributed by atoms with van der Waals surface area (Å²) in [5.41, 5.74) is 0. The molecule has 0 radical (unpaired) electrons. The van der Waals surface area contributed by atoms with Gasteiger partial charge in [-0.1, -0.05) is 26.7 Å². The molecule has 90 valence electrons. The van der Waals surface area contributed by atoms with Crippen LogP contribution in [0.4, 0.5) is 0 Å². The third-order valence-electron chi connectivity index (χ3n) is 2.50. The Balaban J connectivity index is 3.63. The maximum atomic E-state index is 10.6. The molecule has 0 spiro atoms. The molecule has 0 saturated heterocycles. The fourth-order valence-electron chi connectivity index (χ4n) is 1.54. The van der Waals surface area contributed by atoms with Crippen molar-refractivity contribution in [3.05, 3.63) is 0 Å². The van der Waals surface area contributed by atoms with Crippen molar-refractivity contribution < 1.29 is 4.79 Å². The van der Waals surface area contributed by atoms with Gasteiger partial charge in [0.25, 0.3) is 0 Å². The van der Waals surface area contributed by atoms with Crippen LogP contribution >= 0.6 is 11.6 Å². The van der Waals surface area contributed by atoms with E-state index in [0.717, 1.165) is 26.1 Å². The number of halogens is 1. The molecule has 0 aliphatic rings. The van der Waals surface area contributed by atoms with Crippen molar-refractivity contribution in [2.75, 3.05) is 19.6 Å². The first-order chi connectivity index (χ1) is 7.20. The Morgan fingerprint density at radius 1 is 1.00 bits per heavy atom. The van der Waals surface area contributed by atoms with Gasteiger partial charge in [0.2, 0.25) is 5.24 Å². The maximum Gasteiger partial charge on any atom is 0.221 e. The number of hydrogen-bond donors (Lipinski definition) is 0. The van der Waals surface area contributed by atoms with Gasteiger partial charge >= 0.3 is 0 Å². The molecule has 0 bridgehead atoms. The van der Waals surface area contributed by atoms with Crippen LogP contribution in [0.1, 0.15) is 52.4 Å². The number of nitrogens with zero attached hydrogens (tertiary/aromatic N) is 1. The molecule has 0 unspecified atom stereocenters. The number of carbonyl (C=O) groups is 1. The Kier molecular flexibility index (Phi) is 10.4. The van der Waals surface area contributed by atoms with Gasteiger partial charge in [-0.05, 0) is 50.5 Å². The van der Waals surface area contributed by atoms with Crippen LogP contribution in [0, 0.1) is 0 Å². The van der Waals surface area contributed by atoms with Gasteiger partial charge in [0.05, 0.1) is 0 Å². The van der Waals surface area contributed by atoms with Crippen molar-refractivity contribution in [1.29, 1.82) is 0 Å². The van der Waals surface area contributed by atoms with Gasteiger partial charge in [0.15, 0.2) is 0 Å². The zero-order valence-corrected chi connectivity index (χ0v) is 10.9. The maximum absolute atomic E-state index is 10.6. The summed E-state index contributed by atoms with van der Waals surface area (Å²) in [6.45, 7) is 7.75. The number of carbonyl (C=O) groups excluding carboxylic acids is 1. The highest BCUT2D eigenvalue weighted by atomic mass is 35.5. The van der Waals surface area contributed by atoms with Crippen molar-refractivity contribution in [3.8, 4) is 0 Å². The molecule has 0 N–H and O–H groups in total. The number of unbranched alkanes of at least 4 members (excludes halogenated alkanes) is 2. The third-order valence-corrected chi connectivity index (χ3v) is 2.69. The van der Waals surface area contributed by atoms with E-state index in [1.165, 1.54) is 25.7 Å². The number of rotatable bonds is 10. The van der Waals surface area contributed by atoms with Gasteiger partial charge < -0.3 is 4.90 Å². The number of hydrogen-bond acceptors (Lipinski definition) is 2. The fourth-order valence-corrected chi connectivity index (χ4v) is 1.67. The lowest BCUT2D eigenvalue weighted by atomic mass is 10.2. The van der Waals surface area contributed by atoms with Crippen molar-refractivity contribution in [2.24, 2.45) is 0 Å². The van der Waals surface area contributed by atoms with Crippen LogP contribution in [-0.4, -0.2) is 29.8 Å². The average Bonchev–Trinajstić information content (AvgIpc) is 2.20. The van der Waals surface area contributed by atoms with Crippen LogP contribution in [0.2, 0.25) is 0 Å². The molecule has 15 heavy (non-hydrogen) atoms. The van der Waals surface area contributed by atoms with Gasteiger partial charge in [-0.3, -0.25) is 4.79 Å². The highest BCUT2D eigenvalue weighted by Crippen LogP contribution is 2.03. The zero-order valence-electron chi connectivity index (χ0n) is 10.1. The van der Waals surface area contributed by atoms with Crippen LogP contribution in [0.15, 0.2) is 0 Å². The normalized spacial score (nSPS) is 10.9. The lowest BCUT2D eigenvalue weighted by molar-refractivity contribution is -0.111. The minimum Gasteiger partial charge on any atom is -0.303 e. The first-order valence-corrected chi connectivity index (χ1v) is 6.49. The zero-order chi connectivity index (χ0) is 11.5. The molecule has 0 heterocycles. The van der Waals surface area contributed by atoms with Crippen LogP contribution in [-0.2, 0) is 4.79 Å². The minimum absolute atomic E-state index is 0.207. The summed E-state index contributed by atoms with van der Waals surface area (Å²) in [6.07, 6.45) is 6.37. The van der Waals surface area contributed by atoms with E-state index < -0.39 is 0 Å². The second kappa shape index (κ2) is 10.4. The first-order valence-electron chi connectivity index (χ1n) is 6.11. The first kappa shape index (κ1) is 14.9. The highest BCUT2D eigenvalue weighted by molar-refractivity contribution is 6.63. The van der Waals surface area contributed by atoms with Gasteiger partial charge in [-0.25, -0.2) is 0 Å². The Morgan fingerprint density at radius 3 is 1.87 bits per heavy atom. The molecular formula is C12H24ClNO. The highest BCUT2D eigenvalue weighted by Gasteiger charge is 2.04. The molecular weight excluding hydrogens is 210 g/mol. The standard InChI is InChI=1S/C12H24ClNO/c1-3-5-9-14(10-6-4-2)11-7-8-12(13)15/h3-11H2,1-2H3. The summed E-state index contributed by atoms with van der Waals surface area (Å²) in [4.78, 5) is 13.1. The fraction of sp³-hybridized carbons (Fsp3) is 0.917. The van der Waals surface area contributed by atoms with Crippen molar-refractivity contribution in [3.63, 3.8) is 0 Å². The Labute approximate surface area is 99.0 Å². The van der Waals surface area contributed by atoms with E-state index in [9.17, 15) is 4.79 Å². The molecule has 0 aliphatic carbocycles. The van der Waals surface area contributed by atoms with E-state index in [1.54, 1.807) is 0 Å². The molecule has 0 aromatic rings. The molecule has 0 rings (SSSR count). The van der Waals surface area contributed by atoms with Crippen LogP contribution < -0.4 is 0 Å². The summed E-state index contributed by atoms with van der Waals surface area (Å²) in [5, 5.41) is -0.207. The van der Waals surface area contributed by atoms with Gasteiger partial charge in [0.1, 0.15) is 0 Å². The molecule has 0 atom stereocenters. The monoisotopic (exact) mass is 233 g/mol. The lowest BCUT2D eigenvalue weighted by Gasteiger charge is -2.21. The van der Waals surface area contributed by atoms with Crippen molar-refractivity contribution in [1.82, 2.24) is 4.90 Å². The minimum atomic E-state index is -0.207. The Hall–Kier alpha value is -0.0800. The van der Waals surface area contributed by atoms with Crippen LogP contribution in [0.3, 0.4) is 0 Å². The largest absolute Gasteiger partial charge is 0.303 e. The SMILES string of the molecule is CCCCN(CCCC)CCCC(=O)Cl. The molecule has 0 saturated carbocycles. The van der Waals surface area contributed by atoms with E-state index in [4.69, 9.17) is 11.6 Å². The smallest absolute Gasteiger partial charge is 0.221 e. The predicted molar refractivity (Wildman–Crippen MR) is 66.4 cm³/mol. The quantitative estimate of drug-likeness (QED) is 0.539.